The first-order valence-corrected chi connectivity index (χ1v) is 10.3. The van der Waals surface area contributed by atoms with E-state index in [-0.39, 0.29) is 5.78 Å². The van der Waals surface area contributed by atoms with E-state index in [4.69, 9.17) is 16.3 Å². The minimum absolute atomic E-state index is 0.144. The average molecular weight is 418 g/mol. The van der Waals surface area contributed by atoms with E-state index < -0.39 is 0 Å². The Morgan fingerprint density at radius 3 is 2.67 bits per heavy atom. The number of pyridine rings is 1. The average Bonchev–Trinajstić information content (AvgIpc) is 3.56. The molecule has 0 spiro atoms. The zero-order chi connectivity index (χ0) is 20.7. The van der Waals surface area contributed by atoms with Crippen molar-refractivity contribution in [3.63, 3.8) is 0 Å². The highest BCUT2D eigenvalue weighted by atomic mass is 35.5. The molecule has 5 rings (SSSR count). The second-order valence-electron chi connectivity index (χ2n) is 7.54. The zero-order valence-electron chi connectivity index (χ0n) is 16.5. The molecule has 0 unspecified atom stereocenters. The maximum absolute atomic E-state index is 13.6. The van der Waals surface area contributed by atoms with Crippen molar-refractivity contribution < 1.29 is 9.53 Å². The molecule has 2 heterocycles. The van der Waals surface area contributed by atoms with Crippen LogP contribution in [-0.2, 0) is 6.54 Å². The summed E-state index contributed by atoms with van der Waals surface area (Å²) in [4.78, 5) is 18.1. The molecule has 150 valence electrons. The summed E-state index contributed by atoms with van der Waals surface area (Å²) in [7, 11) is 1.64. The van der Waals surface area contributed by atoms with Crippen molar-refractivity contribution in [1.82, 2.24) is 14.8 Å². The Morgan fingerprint density at radius 2 is 1.93 bits per heavy atom. The van der Waals surface area contributed by atoms with Crippen LogP contribution < -0.4 is 4.74 Å². The molecule has 1 fully saturated rings. The minimum Gasteiger partial charge on any atom is -0.497 e. The number of ketones is 1. The van der Waals surface area contributed by atoms with Crippen LogP contribution in [0.1, 0.15) is 45.9 Å². The Kier molecular flexibility index (Phi) is 4.75. The first kappa shape index (κ1) is 18.8. The topological polar surface area (TPSA) is 57.0 Å². The van der Waals surface area contributed by atoms with Gasteiger partial charge in [-0.25, -0.2) is 9.67 Å². The molecule has 0 bridgehead atoms. The normalized spacial score (nSPS) is 13.5. The summed E-state index contributed by atoms with van der Waals surface area (Å²) >= 11 is 6.48. The van der Waals surface area contributed by atoms with Gasteiger partial charge in [-0.2, -0.15) is 5.10 Å². The van der Waals surface area contributed by atoms with Gasteiger partial charge in [-0.05, 0) is 60.2 Å². The van der Waals surface area contributed by atoms with Crippen molar-refractivity contribution in [3.05, 3.63) is 88.2 Å². The van der Waals surface area contributed by atoms with Crippen LogP contribution in [0.4, 0.5) is 0 Å². The number of carbonyl (C=O) groups is 1. The number of carbonyl (C=O) groups excluding carboxylic acids is 1. The molecule has 0 aliphatic heterocycles. The van der Waals surface area contributed by atoms with Gasteiger partial charge in [0.1, 0.15) is 11.4 Å². The molecule has 2 aromatic carbocycles. The lowest BCUT2D eigenvalue weighted by atomic mass is 9.97. The largest absolute Gasteiger partial charge is 0.497 e. The molecule has 0 atom stereocenters. The van der Waals surface area contributed by atoms with E-state index in [0.29, 0.717) is 34.4 Å². The van der Waals surface area contributed by atoms with Gasteiger partial charge >= 0.3 is 0 Å². The van der Waals surface area contributed by atoms with Gasteiger partial charge in [0.2, 0.25) is 5.78 Å². The molecular formula is C24H20ClN3O2. The predicted octanol–water partition coefficient (Wildman–Crippen LogP) is 5.25. The first-order chi connectivity index (χ1) is 14.7. The summed E-state index contributed by atoms with van der Waals surface area (Å²) in [5, 5.41) is 5.89. The Balaban J connectivity index is 1.58. The van der Waals surface area contributed by atoms with E-state index in [0.717, 1.165) is 35.1 Å². The van der Waals surface area contributed by atoms with E-state index in [1.807, 2.05) is 48.5 Å². The molecule has 5 nitrogen and oxygen atoms in total. The number of nitrogens with zero attached hydrogens (tertiary/aromatic N) is 3. The molecule has 1 aliphatic carbocycles. The van der Waals surface area contributed by atoms with E-state index in [1.54, 1.807) is 24.1 Å². The fraction of sp³-hybridized carbons (Fsp3) is 0.208. The molecule has 4 aromatic rings. The lowest BCUT2D eigenvalue weighted by molar-refractivity contribution is 0.103. The highest BCUT2D eigenvalue weighted by molar-refractivity contribution is 6.35. The third-order valence-corrected chi connectivity index (χ3v) is 5.82. The number of aromatic nitrogens is 3. The third-order valence-electron chi connectivity index (χ3n) is 5.50. The summed E-state index contributed by atoms with van der Waals surface area (Å²) in [6, 6.07) is 17.2. The molecule has 30 heavy (non-hydrogen) atoms. The Labute approximate surface area is 179 Å². The van der Waals surface area contributed by atoms with Gasteiger partial charge in [-0.3, -0.25) is 4.79 Å². The van der Waals surface area contributed by atoms with Crippen molar-refractivity contribution >= 4 is 28.4 Å². The lowest BCUT2D eigenvalue weighted by Crippen LogP contribution is -2.09. The van der Waals surface area contributed by atoms with Crippen LogP contribution in [0.2, 0.25) is 5.02 Å². The number of benzene rings is 2. The fourth-order valence-electron chi connectivity index (χ4n) is 3.82. The van der Waals surface area contributed by atoms with Crippen LogP contribution in [-0.4, -0.2) is 27.7 Å². The van der Waals surface area contributed by atoms with Gasteiger partial charge in [0.15, 0.2) is 5.65 Å². The number of halogens is 1. The Morgan fingerprint density at radius 1 is 1.13 bits per heavy atom. The van der Waals surface area contributed by atoms with Crippen LogP contribution >= 0.6 is 11.6 Å². The van der Waals surface area contributed by atoms with E-state index in [2.05, 4.69) is 10.1 Å². The number of methoxy groups -OCH3 is 1. The van der Waals surface area contributed by atoms with Crippen LogP contribution in [0, 0.1) is 0 Å². The summed E-state index contributed by atoms with van der Waals surface area (Å²) in [6.07, 6.45) is 3.90. The Hall–Kier alpha value is -3.18. The molecule has 0 saturated heterocycles. The van der Waals surface area contributed by atoms with Gasteiger partial charge in [0, 0.05) is 11.8 Å². The van der Waals surface area contributed by atoms with Crippen LogP contribution in [0.15, 0.2) is 60.8 Å². The lowest BCUT2D eigenvalue weighted by Gasteiger charge is -2.09. The SMILES string of the molecule is COc1ccc(Cn2nc(C(=O)c3c(Cl)cccc3C3CC3)c3cccnc32)cc1. The maximum atomic E-state index is 13.6. The highest BCUT2D eigenvalue weighted by Crippen LogP contribution is 2.43. The number of hydrogen-bond acceptors (Lipinski definition) is 4. The van der Waals surface area contributed by atoms with Crippen molar-refractivity contribution in [2.24, 2.45) is 0 Å². The molecule has 0 radical (unpaired) electrons. The molecule has 1 saturated carbocycles. The van der Waals surface area contributed by atoms with Crippen LogP contribution in [0.3, 0.4) is 0 Å². The summed E-state index contributed by atoms with van der Waals surface area (Å²) in [5.74, 6) is 1.06. The van der Waals surface area contributed by atoms with E-state index >= 15 is 0 Å². The highest BCUT2D eigenvalue weighted by Gasteiger charge is 2.31. The second-order valence-corrected chi connectivity index (χ2v) is 7.94. The van der Waals surface area contributed by atoms with Gasteiger partial charge in [0.25, 0.3) is 0 Å². The van der Waals surface area contributed by atoms with Crippen LogP contribution in [0.25, 0.3) is 11.0 Å². The van der Waals surface area contributed by atoms with Crippen molar-refractivity contribution in [2.45, 2.75) is 25.3 Å². The van der Waals surface area contributed by atoms with Crippen LogP contribution in [0.5, 0.6) is 5.75 Å². The fourth-order valence-corrected chi connectivity index (χ4v) is 4.09. The summed E-state index contributed by atoms with van der Waals surface area (Å²) in [6.45, 7) is 0.503. The first-order valence-electron chi connectivity index (χ1n) is 9.93. The second kappa shape index (κ2) is 7.58. The number of rotatable bonds is 6. The van der Waals surface area contributed by atoms with Crippen molar-refractivity contribution in [2.75, 3.05) is 7.11 Å². The molecule has 0 amide bonds. The zero-order valence-corrected chi connectivity index (χ0v) is 17.3. The molecular weight excluding hydrogens is 398 g/mol. The smallest absolute Gasteiger partial charge is 0.215 e. The quantitative estimate of drug-likeness (QED) is 0.402. The standard InChI is InChI=1S/C24H20ClN3O2/c1-30-17-11-7-15(8-12-17)14-28-24-19(5-3-13-26-24)22(27-28)23(29)21-18(16-9-10-16)4-2-6-20(21)25/h2-8,11-13,16H,9-10,14H2,1H3. The minimum atomic E-state index is -0.144. The van der Waals surface area contributed by atoms with Crippen molar-refractivity contribution in [3.8, 4) is 5.75 Å². The van der Waals surface area contributed by atoms with Gasteiger partial charge < -0.3 is 4.74 Å². The Bertz CT molecular complexity index is 1240. The maximum Gasteiger partial charge on any atom is 0.215 e. The monoisotopic (exact) mass is 417 g/mol. The van der Waals surface area contributed by atoms with E-state index in [9.17, 15) is 4.79 Å². The van der Waals surface area contributed by atoms with Gasteiger partial charge in [-0.15, -0.1) is 0 Å². The molecule has 0 N–H and O–H groups in total. The van der Waals surface area contributed by atoms with E-state index in [1.165, 1.54) is 0 Å². The van der Waals surface area contributed by atoms with Gasteiger partial charge in [0.05, 0.1) is 24.1 Å². The number of fused-ring (bicyclic) bond motifs is 1. The molecule has 1 aliphatic rings. The van der Waals surface area contributed by atoms with Crippen molar-refractivity contribution in [1.29, 1.82) is 0 Å². The molecule has 2 aromatic heterocycles. The summed E-state index contributed by atoms with van der Waals surface area (Å²) < 4.78 is 7.00. The molecule has 6 heteroatoms. The van der Waals surface area contributed by atoms with Gasteiger partial charge in [-0.1, -0.05) is 35.9 Å². The number of ether oxygens (including phenoxy) is 1. The summed E-state index contributed by atoms with van der Waals surface area (Å²) in [5.41, 5.74) is 3.70. The number of hydrogen-bond donors (Lipinski definition) is 0. The predicted molar refractivity (Wildman–Crippen MR) is 116 cm³/mol. The third kappa shape index (κ3) is 3.35.